The molecule has 0 aromatic carbocycles. The van der Waals surface area contributed by atoms with E-state index in [1.165, 1.54) is 19.3 Å². The maximum Gasteiger partial charge on any atom is 0.343 e. The minimum absolute atomic E-state index is 0.115. The first-order valence-corrected chi connectivity index (χ1v) is 7.36. The zero-order chi connectivity index (χ0) is 13.7. The molecule has 6 heteroatoms. The second-order valence-electron chi connectivity index (χ2n) is 5.44. The zero-order valence-electron chi connectivity index (χ0n) is 11.5. The Balaban J connectivity index is 2.09. The quantitative estimate of drug-likeness (QED) is 0.674. The summed E-state index contributed by atoms with van der Waals surface area (Å²) in [6.45, 7) is 0.683. The SMILES string of the molecule is NCCCC[C@H](N)c1n[nH]c(=O)n1C1CCCCC1. The van der Waals surface area contributed by atoms with Crippen molar-refractivity contribution in [3.05, 3.63) is 16.3 Å². The molecular weight excluding hydrogens is 242 g/mol. The van der Waals surface area contributed by atoms with Crippen LogP contribution in [0.2, 0.25) is 0 Å². The molecule has 0 unspecified atom stereocenters. The van der Waals surface area contributed by atoms with E-state index in [1.807, 2.05) is 0 Å². The largest absolute Gasteiger partial charge is 0.343 e. The smallest absolute Gasteiger partial charge is 0.330 e. The number of rotatable bonds is 6. The van der Waals surface area contributed by atoms with Crippen molar-refractivity contribution in [2.24, 2.45) is 11.5 Å². The Kier molecular flexibility index (Phi) is 5.15. The summed E-state index contributed by atoms with van der Waals surface area (Å²) in [6, 6.07) is 0.1000. The third-order valence-corrected chi connectivity index (χ3v) is 3.97. The first-order valence-electron chi connectivity index (χ1n) is 7.36. The Morgan fingerprint density at radius 1 is 1.32 bits per heavy atom. The first kappa shape index (κ1) is 14.3. The van der Waals surface area contributed by atoms with Gasteiger partial charge in [0.1, 0.15) is 0 Å². The van der Waals surface area contributed by atoms with Crippen molar-refractivity contribution in [1.82, 2.24) is 14.8 Å². The van der Waals surface area contributed by atoms with Crippen molar-refractivity contribution in [2.75, 3.05) is 6.54 Å². The molecule has 1 aromatic rings. The van der Waals surface area contributed by atoms with Crippen LogP contribution in [0.4, 0.5) is 0 Å². The Morgan fingerprint density at radius 3 is 2.74 bits per heavy atom. The number of hydrogen-bond acceptors (Lipinski definition) is 4. The highest BCUT2D eigenvalue weighted by atomic mass is 16.1. The van der Waals surface area contributed by atoms with Crippen LogP contribution in [0, 0.1) is 0 Å². The average molecular weight is 267 g/mol. The number of nitrogens with one attached hydrogen (secondary N) is 1. The van der Waals surface area contributed by atoms with Gasteiger partial charge in [-0.15, -0.1) is 0 Å². The lowest BCUT2D eigenvalue weighted by Gasteiger charge is -2.24. The van der Waals surface area contributed by atoms with Gasteiger partial charge in [-0.2, -0.15) is 5.10 Å². The van der Waals surface area contributed by atoms with E-state index in [0.717, 1.165) is 32.1 Å². The predicted octanol–water partition coefficient (Wildman–Crippen LogP) is 1.21. The van der Waals surface area contributed by atoms with E-state index in [4.69, 9.17) is 11.5 Å². The topological polar surface area (TPSA) is 103 Å². The molecule has 1 aliphatic rings. The second kappa shape index (κ2) is 6.86. The van der Waals surface area contributed by atoms with Gasteiger partial charge in [0, 0.05) is 6.04 Å². The van der Waals surface area contributed by atoms with E-state index < -0.39 is 0 Å². The fraction of sp³-hybridized carbons (Fsp3) is 0.846. The molecule has 0 radical (unpaired) electrons. The Bertz CT molecular complexity index is 432. The highest BCUT2D eigenvalue weighted by Gasteiger charge is 2.23. The number of hydrogen-bond donors (Lipinski definition) is 3. The van der Waals surface area contributed by atoms with E-state index >= 15 is 0 Å². The first-order chi connectivity index (χ1) is 9.24. The van der Waals surface area contributed by atoms with E-state index in [0.29, 0.717) is 12.4 Å². The number of H-pyrrole nitrogens is 1. The zero-order valence-corrected chi connectivity index (χ0v) is 11.5. The molecule has 1 saturated carbocycles. The summed E-state index contributed by atoms with van der Waals surface area (Å²) in [5.74, 6) is 0.717. The van der Waals surface area contributed by atoms with Gasteiger partial charge in [-0.1, -0.05) is 25.7 Å². The molecular formula is C13H25N5O. The predicted molar refractivity (Wildman–Crippen MR) is 74.8 cm³/mol. The lowest BCUT2D eigenvalue weighted by Crippen LogP contribution is -2.28. The van der Waals surface area contributed by atoms with Crippen LogP contribution in [-0.2, 0) is 0 Å². The summed E-state index contributed by atoms with van der Waals surface area (Å²) in [7, 11) is 0. The lowest BCUT2D eigenvalue weighted by molar-refractivity contribution is 0.332. The minimum atomic E-state index is -0.174. The van der Waals surface area contributed by atoms with Crippen LogP contribution in [0.25, 0.3) is 0 Å². The number of aromatic amines is 1. The van der Waals surface area contributed by atoms with Crippen molar-refractivity contribution < 1.29 is 0 Å². The normalized spacial score (nSPS) is 18.6. The summed E-state index contributed by atoms with van der Waals surface area (Å²) < 4.78 is 1.80. The minimum Gasteiger partial charge on any atom is -0.330 e. The van der Waals surface area contributed by atoms with Gasteiger partial charge in [-0.3, -0.25) is 4.57 Å². The van der Waals surface area contributed by atoms with E-state index in [1.54, 1.807) is 4.57 Å². The van der Waals surface area contributed by atoms with E-state index in [-0.39, 0.29) is 17.8 Å². The van der Waals surface area contributed by atoms with Crippen LogP contribution in [0.3, 0.4) is 0 Å². The van der Waals surface area contributed by atoms with Crippen molar-refractivity contribution in [1.29, 1.82) is 0 Å². The van der Waals surface area contributed by atoms with E-state index in [2.05, 4.69) is 10.2 Å². The maximum atomic E-state index is 11.9. The number of aromatic nitrogens is 3. The lowest BCUT2D eigenvalue weighted by atomic mass is 9.95. The third-order valence-electron chi connectivity index (χ3n) is 3.97. The Morgan fingerprint density at radius 2 is 2.05 bits per heavy atom. The Labute approximate surface area is 113 Å². The molecule has 108 valence electrons. The molecule has 5 N–H and O–H groups in total. The monoisotopic (exact) mass is 267 g/mol. The fourth-order valence-corrected chi connectivity index (χ4v) is 2.91. The van der Waals surface area contributed by atoms with Gasteiger partial charge in [0.2, 0.25) is 0 Å². The second-order valence-corrected chi connectivity index (χ2v) is 5.44. The average Bonchev–Trinajstić information content (AvgIpc) is 2.82. The van der Waals surface area contributed by atoms with Gasteiger partial charge in [0.15, 0.2) is 5.82 Å². The summed E-state index contributed by atoms with van der Waals surface area (Å²) in [4.78, 5) is 11.9. The molecule has 19 heavy (non-hydrogen) atoms. The van der Waals surface area contributed by atoms with Crippen molar-refractivity contribution in [2.45, 2.75) is 63.5 Å². The van der Waals surface area contributed by atoms with Crippen LogP contribution in [0.1, 0.15) is 69.3 Å². The maximum absolute atomic E-state index is 11.9. The van der Waals surface area contributed by atoms with Gasteiger partial charge in [0.05, 0.1) is 6.04 Å². The summed E-state index contributed by atoms with van der Waals surface area (Å²) in [5, 5.41) is 6.70. The van der Waals surface area contributed by atoms with Crippen LogP contribution >= 0.6 is 0 Å². The molecule has 1 aromatic heterocycles. The molecule has 0 amide bonds. The van der Waals surface area contributed by atoms with Gasteiger partial charge in [-0.25, -0.2) is 9.89 Å². The fourth-order valence-electron chi connectivity index (χ4n) is 2.91. The standard InChI is InChI=1S/C13H25N5O/c14-9-5-4-8-11(15)12-16-17-13(19)18(12)10-6-2-1-3-7-10/h10-11H,1-9,14-15H2,(H,17,19)/t11-/m0/s1. The molecule has 1 fully saturated rings. The van der Waals surface area contributed by atoms with Gasteiger partial charge in [-0.05, 0) is 32.2 Å². The molecule has 0 bridgehead atoms. The van der Waals surface area contributed by atoms with E-state index in [9.17, 15) is 4.79 Å². The summed E-state index contributed by atoms with van der Waals surface area (Å²) >= 11 is 0. The molecule has 0 aliphatic heterocycles. The van der Waals surface area contributed by atoms with Crippen molar-refractivity contribution >= 4 is 0 Å². The van der Waals surface area contributed by atoms with Crippen LogP contribution in [0.5, 0.6) is 0 Å². The molecule has 2 rings (SSSR count). The summed E-state index contributed by atoms with van der Waals surface area (Å²) in [6.07, 6.45) is 8.52. The molecule has 0 saturated heterocycles. The van der Waals surface area contributed by atoms with Gasteiger partial charge >= 0.3 is 5.69 Å². The van der Waals surface area contributed by atoms with Crippen LogP contribution in [-0.4, -0.2) is 21.3 Å². The number of nitrogens with two attached hydrogens (primary N) is 2. The van der Waals surface area contributed by atoms with Crippen LogP contribution < -0.4 is 17.2 Å². The van der Waals surface area contributed by atoms with Crippen LogP contribution in [0.15, 0.2) is 4.79 Å². The molecule has 1 atom stereocenters. The molecule has 0 spiro atoms. The van der Waals surface area contributed by atoms with Crippen molar-refractivity contribution in [3.8, 4) is 0 Å². The molecule has 1 aliphatic carbocycles. The van der Waals surface area contributed by atoms with Crippen molar-refractivity contribution in [3.63, 3.8) is 0 Å². The highest BCUT2D eigenvalue weighted by Crippen LogP contribution is 2.29. The van der Waals surface area contributed by atoms with Gasteiger partial charge < -0.3 is 11.5 Å². The highest BCUT2D eigenvalue weighted by molar-refractivity contribution is 4.97. The number of nitrogens with zero attached hydrogens (tertiary/aromatic N) is 2. The molecule has 1 heterocycles. The Hall–Kier alpha value is -1.14. The molecule has 6 nitrogen and oxygen atoms in total. The number of unbranched alkanes of at least 4 members (excludes halogenated alkanes) is 1. The third kappa shape index (κ3) is 3.45. The summed E-state index contributed by atoms with van der Waals surface area (Å²) in [5.41, 5.74) is 11.5. The van der Waals surface area contributed by atoms with Gasteiger partial charge in [0.25, 0.3) is 0 Å².